The Bertz CT molecular complexity index is 140. The molecule has 2 aliphatic rings. The lowest BCUT2D eigenvalue weighted by atomic mass is 9.71. The van der Waals surface area contributed by atoms with Crippen LogP contribution in [0.15, 0.2) is 0 Å². The van der Waals surface area contributed by atoms with Crippen LogP contribution in [-0.2, 0) is 0 Å². The normalized spacial score (nSPS) is 45.0. The van der Waals surface area contributed by atoms with Crippen LogP contribution in [0.3, 0.4) is 0 Å². The number of piperidine rings is 1. The van der Waals surface area contributed by atoms with Crippen LogP contribution in [-0.4, -0.2) is 24.6 Å². The molecular formula is C9H17NS. The summed E-state index contributed by atoms with van der Waals surface area (Å²) in [6.07, 6.45) is 2.89. The molecule has 0 saturated carbocycles. The molecule has 1 N–H and O–H groups in total. The molecule has 0 amide bonds. The zero-order valence-corrected chi connectivity index (χ0v) is 8.04. The van der Waals surface area contributed by atoms with Gasteiger partial charge in [0.05, 0.1) is 0 Å². The molecule has 2 unspecified atom stereocenters. The first kappa shape index (κ1) is 7.93. The van der Waals surface area contributed by atoms with Crippen molar-refractivity contribution in [1.82, 2.24) is 5.32 Å². The average molecular weight is 171 g/mol. The number of thioether (sulfide) groups is 1. The van der Waals surface area contributed by atoms with Gasteiger partial charge in [-0.05, 0) is 48.8 Å². The van der Waals surface area contributed by atoms with E-state index in [0.29, 0.717) is 0 Å². The molecule has 0 radical (unpaired) electrons. The third-order valence-corrected chi connectivity index (χ3v) is 4.70. The molecule has 11 heavy (non-hydrogen) atoms. The second-order valence-electron chi connectivity index (χ2n) is 4.02. The Morgan fingerprint density at radius 2 is 2.36 bits per heavy atom. The molecule has 2 aliphatic heterocycles. The molecular weight excluding hydrogens is 154 g/mol. The van der Waals surface area contributed by atoms with Crippen molar-refractivity contribution < 1.29 is 0 Å². The van der Waals surface area contributed by atoms with Crippen LogP contribution in [0.5, 0.6) is 0 Å². The average Bonchev–Trinajstić information content (AvgIpc) is 2.46. The summed E-state index contributed by atoms with van der Waals surface area (Å²) in [7, 11) is 0. The lowest BCUT2D eigenvalue weighted by Gasteiger charge is -2.39. The first-order valence-electron chi connectivity index (χ1n) is 4.62. The Morgan fingerprint density at radius 3 is 3.00 bits per heavy atom. The van der Waals surface area contributed by atoms with Gasteiger partial charge in [0.15, 0.2) is 0 Å². The first-order chi connectivity index (χ1) is 5.33. The predicted octanol–water partition coefficient (Wildman–Crippen LogP) is 1.74. The maximum atomic E-state index is 3.48. The van der Waals surface area contributed by atoms with Gasteiger partial charge in [-0.3, -0.25) is 0 Å². The first-order valence-corrected chi connectivity index (χ1v) is 5.77. The SMILES string of the molecule is CC1CNCCC12CCSC2. The maximum Gasteiger partial charge on any atom is -0.000700 e. The lowest BCUT2D eigenvalue weighted by Crippen LogP contribution is -2.43. The van der Waals surface area contributed by atoms with E-state index in [1.54, 1.807) is 0 Å². The Kier molecular flexibility index (Phi) is 2.15. The monoisotopic (exact) mass is 171 g/mol. The topological polar surface area (TPSA) is 12.0 Å². The van der Waals surface area contributed by atoms with E-state index < -0.39 is 0 Å². The molecule has 2 heterocycles. The molecule has 2 rings (SSSR count). The van der Waals surface area contributed by atoms with Gasteiger partial charge in [0.2, 0.25) is 0 Å². The summed E-state index contributed by atoms with van der Waals surface area (Å²) in [5, 5.41) is 3.48. The molecule has 0 aromatic heterocycles. The van der Waals surface area contributed by atoms with Crippen LogP contribution in [0.4, 0.5) is 0 Å². The lowest BCUT2D eigenvalue weighted by molar-refractivity contribution is 0.154. The van der Waals surface area contributed by atoms with Crippen molar-refractivity contribution in [3.05, 3.63) is 0 Å². The molecule has 0 aliphatic carbocycles. The van der Waals surface area contributed by atoms with Crippen molar-refractivity contribution in [3.63, 3.8) is 0 Å². The fourth-order valence-corrected chi connectivity index (χ4v) is 4.00. The van der Waals surface area contributed by atoms with E-state index in [2.05, 4.69) is 24.0 Å². The van der Waals surface area contributed by atoms with Gasteiger partial charge in [-0.2, -0.15) is 11.8 Å². The van der Waals surface area contributed by atoms with Crippen molar-refractivity contribution in [3.8, 4) is 0 Å². The zero-order valence-electron chi connectivity index (χ0n) is 7.23. The largest absolute Gasteiger partial charge is 0.316 e. The Labute approximate surface area is 73.3 Å². The minimum Gasteiger partial charge on any atom is -0.316 e. The molecule has 2 saturated heterocycles. The molecule has 0 aromatic rings. The number of hydrogen-bond acceptors (Lipinski definition) is 2. The molecule has 2 heteroatoms. The van der Waals surface area contributed by atoms with Crippen molar-refractivity contribution >= 4 is 11.8 Å². The molecule has 2 fully saturated rings. The highest BCUT2D eigenvalue weighted by atomic mass is 32.2. The van der Waals surface area contributed by atoms with Gasteiger partial charge in [0, 0.05) is 0 Å². The minimum atomic E-state index is 0.732. The second kappa shape index (κ2) is 2.98. The summed E-state index contributed by atoms with van der Waals surface area (Å²) >= 11 is 2.16. The van der Waals surface area contributed by atoms with E-state index in [-0.39, 0.29) is 0 Å². The molecule has 2 atom stereocenters. The number of nitrogens with one attached hydrogen (secondary N) is 1. The van der Waals surface area contributed by atoms with Gasteiger partial charge < -0.3 is 5.32 Å². The van der Waals surface area contributed by atoms with Gasteiger partial charge in [-0.25, -0.2) is 0 Å². The van der Waals surface area contributed by atoms with Crippen LogP contribution >= 0.6 is 11.8 Å². The van der Waals surface area contributed by atoms with Crippen molar-refractivity contribution in [1.29, 1.82) is 0 Å². The summed E-state index contributed by atoms with van der Waals surface area (Å²) in [6, 6.07) is 0. The van der Waals surface area contributed by atoms with E-state index in [1.165, 1.54) is 37.4 Å². The molecule has 1 nitrogen and oxygen atoms in total. The van der Waals surface area contributed by atoms with Crippen LogP contribution in [0.25, 0.3) is 0 Å². The maximum absolute atomic E-state index is 3.48. The molecule has 64 valence electrons. The summed E-state index contributed by atoms with van der Waals surface area (Å²) in [5.74, 6) is 3.74. The van der Waals surface area contributed by atoms with Crippen molar-refractivity contribution in [2.45, 2.75) is 19.8 Å². The Hall–Kier alpha value is 0.310. The van der Waals surface area contributed by atoms with Crippen molar-refractivity contribution in [2.24, 2.45) is 11.3 Å². The van der Waals surface area contributed by atoms with Gasteiger partial charge in [0.1, 0.15) is 0 Å². The number of hydrogen-bond donors (Lipinski definition) is 1. The molecule has 0 bridgehead atoms. The second-order valence-corrected chi connectivity index (χ2v) is 5.13. The van der Waals surface area contributed by atoms with E-state index in [1.807, 2.05) is 0 Å². The summed E-state index contributed by atoms with van der Waals surface area (Å²) in [5.41, 5.74) is 0.732. The highest BCUT2D eigenvalue weighted by Crippen LogP contribution is 2.45. The third-order valence-electron chi connectivity index (χ3n) is 3.43. The summed E-state index contributed by atoms with van der Waals surface area (Å²) in [4.78, 5) is 0. The van der Waals surface area contributed by atoms with E-state index in [0.717, 1.165) is 11.3 Å². The van der Waals surface area contributed by atoms with Gasteiger partial charge in [0.25, 0.3) is 0 Å². The van der Waals surface area contributed by atoms with Gasteiger partial charge >= 0.3 is 0 Å². The molecule has 1 spiro atoms. The van der Waals surface area contributed by atoms with Crippen LogP contribution < -0.4 is 5.32 Å². The zero-order chi connectivity index (χ0) is 7.73. The Balaban J connectivity index is 2.07. The fourth-order valence-electron chi connectivity index (χ4n) is 2.33. The summed E-state index contributed by atoms with van der Waals surface area (Å²) < 4.78 is 0. The van der Waals surface area contributed by atoms with Crippen molar-refractivity contribution in [2.75, 3.05) is 24.6 Å². The van der Waals surface area contributed by atoms with Crippen LogP contribution in [0.2, 0.25) is 0 Å². The van der Waals surface area contributed by atoms with Gasteiger partial charge in [-0.1, -0.05) is 6.92 Å². The van der Waals surface area contributed by atoms with E-state index >= 15 is 0 Å². The highest BCUT2D eigenvalue weighted by Gasteiger charge is 2.40. The third kappa shape index (κ3) is 1.31. The standard InChI is InChI=1S/C9H17NS/c1-8-6-10-4-2-9(8)3-5-11-7-9/h8,10H,2-7H2,1H3. The number of rotatable bonds is 0. The van der Waals surface area contributed by atoms with Crippen LogP contribution in [0.1, 0.15) is 19.8 Å². The minimum absolute atomic E-state index is 0.732. The quantitative estimate of drug-likeness (QED) is 0.596. The highest BCUT2D eigenvalue weighted by molar-refractivity contribution is 7.99. The Morgan fingerprint density at radius 1 is 1.45 bits per heavy atom. The molecule has 0 aromatic carbocycles. The predicted molar refractivity (Wildman–Crippen MR) is 51.0 cm³/mol. The van der Waals surface area contributed by atoms with E-state index in [4.69, 9.17) is 0 Å². The van der Waals surface area contributed by atoms with Crippen LogP contribution in [0, 0.1) is 11.3 Å². The smallest absolute Gasteiger partial charge is 0.000700 e. The summed E-state index contributed by atoms with van der Waals surface area (Å²) in [6.45, 7) is 4.92. The fraction of sp³-hybridized carbons (Fsp3) is 1.00. The van der Waals surface area contributed by atoms with Gasteiger partial charge in [-0.15, -0.1) is 0 Å². The van der Waals surface area contributed by atoms with E-state index in [9.17, 15) is 0 Å².